The van der Waals surface area contributed by atoms with Crippen LogP contribution in [0.15, 0.2) is 0 Å². The fourth-order valence-corrected chi connectivity index (χ4v) is 1.50. The molecule has 0 heterocycles. The summed E-state index contributed by atoms with van der Waals surface area (Å²) in [5.41, 5.74) is -1.19. The van der Waals surface area contributed by atoms with Gasteiger partial charge in [-0.25, -0.2) is 4.79 Å². The Hall–Kier alpha value is -1.10. The molecule has 0 aliphatic carbocycles. The predicted octanol–water partition coefficient (Wildman–Crippen LogP) is 1.76. The van der Waals surface area contributed by atoms with Crippen LogP contribution in [-0.2, 0) is 14.3 Å². The van der Waals surface area contributed by atoms with Gasteiger partial charge in [-0.05, 0) is 25.7 Å². The van der Waals surface area contributed by atoms with Crippen LogP contribution >= 0.6 is 0 Å². The van der Waals surface area contributed by atoms with Crippen molar-refractivity contribution >= 4 is 11.9 Å². The third-order valence-electron chi connectivity index (χ3n) is 3.07. The van der Waals surface area contributed by atoms with Crippen molar-refractivity contribution in [3.63, 3.8) is 0 Å². The number of unbranched alkanes of at least 4 members (excludes halogenated alkanes) is 1. The smallest absolute Gasteiger partial charge is 0.335 e. The van der Waals surface area contributed by atoms with Gasteiger partial charge in [-0.1, -0.05) is 13.3 Å². The number of rotatable bonds is 8. The van der Waals surface area contributed by atoms with Crippen molar-refractivity contribution in [1.82, 2.24) is 0 Å². The van der Waals surface area contributed by atoms with Gasteiger partial charge in [-0.15, -0.1) is 0 Å². The number of carboxylic acid groups (broad SMARTS) is 2. The van der Waals surface area contributed by atoms with Crippen molar-refractivity contribution in [2.75, 3.05) is 7.11 Å². The lowest BCUT2D eigenvalue weighted by Crippen LogP contribution is -2.43. The Morgan fingerprint density at radius 3 is 2.25 bits per heavy atom. The summed E-state index contributed by atoms with van der Waals surface area (Å²) in [5.74, 6) is -1.95. The second kappa shape index (κ2) is 6.48. The van der Waals surface area contributed by atoms with Crippen molar-refractivity contribution in [2.45, 2.75) is 45.1 Å². The molecule has 0 aromatic carbocycles. The van der Waals surface area contributed by atoms with Crippen molar-refractivity contribution in [2.24, 2.45) is 5.92 Å². The van der Waals surface area contributed by atoms with Gasteiger partial charge in [0.15, 0.2) is 5.60 Å². The van der Waals surface area contributed by atoms with E-state index in [-0.39, 0.29) is 12.3 Å². The highest BCUT2D eigenvalue weighted by atomic mass is 16.5. The molecular weight excluding hydrogens is 212 g/mol. The lowest BCUT2D eigenvalue weighted by Gasteiger charge is -2.29. The van der Waals surface area contributed by atoms with Crippen molar-refractivity contribution < 1.29 is 24.5 Å². The zero-order valence-corrected chi connectivity index (χ0v) is 10.0. The van der Waals surface area contributed by atoms with Crippen molar-refractivity contribution in [1.29, 1.82) is 0 Å². The quantitative estimate of drug-likeness (QED) is 0.623. The molecule has 0 bridgehead atoms. The molecule has 94 valence electrons. The van der Waals surface area contributed by atoms with Gasteiger partial charge >= 0.3 is 11.9 Å². The normalized spacial score (nSPS) is 16.4. The molecule has 0 rings (SSSR count). The molecule has 2 unspecified atom stereocenters. The minimum atomic E-state index is -1.19. The van der Waals surface area contributed by atoms with Gasteiger partial charge in [0.2, 0.25) is 0 Å². The maximum Gasteiger partial charge on any atom is 0.335 e. The molecule has 5 nitrogen and oxygen atoms in total. The Labute approximate surface area is 95.4 Å². The van der Waals surface area contributed by atoms with Crippen molar-refractivity contribution in [3.05, 3.63) is 0 Å². The van der Waals surface area contributed by atoms with E-state index < -0.39 is 17.5 Å². The van der Waals surface area contributed by atoms with E-state index in [1.54, 1.807) is 6.92 Å². The average molecular weight is 232 g/mol. The van der Waals surface area contributed by atoms with E-state index in [4.69, 9.17) is 14.9 Å². The van der Waals surface area contributed by atoms with Gasteiger partial charge in [0.05, 0.1) is 0 Å². The maximum atomic E-state index is 11.0. The second-order valence-corrected chi connectivity index (χ2v) is 4.16. The molecule has 0 amide bonds. The van der Waals surface area contributed by atoms with Gasteiger partial charge < -0.3 is 14.9 Å². The Balaban J connectivity index is 4.08. The lowest BCUT2D eigenvalue weighted by atomic mass is 9.86. The van der Waals surface area contributed by atoms with Gasteiger partial charge in [0.1, 0.15) is 0 Å². The zero-order valence-electron chi connectivity index (χ0n) is 10.0. The van der Waals surface area contributed by atoms with Crippen molar-refractivity contribution in [3.8, 4) is 0 Å². The molecule has 0 saturated carbocycles. The Morgan fingerprint density at radius 2 is 1.88 bits per heavy atom. The summed E-state index contributed by atoms with van der Waals surface area (Å²) in [4.78, 5) is 21.3. The molecule has 0 fully saturated rings. The number of hydrogen-bond donors (Lipinski definition) is 2. The number of aliphatic carboxylic acids is 2. The minimum Gasteiger partial charge on any atom is -0.481 e. The summed E-state index contributed by atoms with van der Waals surface area (Å²) in [6.07, 6.45) is 2.03. The second-order valence-electron chi connectivity index (χ2n) is 4.16. The third kappa shape index (κ3) is 4.18. The van der Waals surface area contributed by atoms with E-state index in [1.165, 1.54) is 14.0 Å². The van der Waals surface area contributed by atoms with E-state index in [9.17, 15) is 9.59 Å². The largest absolute Gasteiger partial charge is 0.481 e. The third-order valence-corrected chi connectivity index (χ3v) is 3.07. The van der Waals surface area contributed by atoms with Crippen LogP contribution in [-0.4, -0.2) is 34.9 Å². The number of hydrogen-bond acceptors (Lipinski definition) is 3. The molecule has 2 N–H and O–H groups in total. The number of methoxy groups -OCH3 is 1. The molecule has 0 saturated heterocycles. The first-order valence-electron chi connectivity index (χ1n) is 5.35. The summed E-state index contributed by atoms with van der Waals surface area (Å²) in [5, 5.41) is 17.5. The van der Waals surface area contributed by atoms with E-state index in [0.717, 1.165) is 0 Å². The standard InChI is InChI=1S/C11H20O5/c1-8(6-4-5-7-9(12)13)11(2,16-3)10(14)15/h8H,4-7H2,1-3H3,(H,12,13)(H,14,15). The molecule has 0 radical (unpaired) electrons. The molecule has 16 heavy (non-hydrogen) atoms. The Bertz CT molecular complexity index is 251. The fraction of sp³-hybridized carbons (Fsp3) is 0.818. The highest BCUT2D eigenvalue weighted by Gasteiger charge is 2.38. The highest BCUT2D eigenvalue weighted by Crippen LogP contribution is 2.26. The van der Waals surface area contributed by atoms with E-state index in [1.807, 2.05) is 0 Å². The maximum absolute atomic E-state index is 11.0. The van der Waals surface area contributed by atoms with Crippen LogP contribution < -0.4 is 0 Å². The predicted molar refractivity (Wildman–Crippen MR) is 58.3 cm³/mol. The first kappa shape index (κ1) is 14.9. The van der Waals surface area contributed by atoms with Crippen LogP contribution in [0, 0.1) is 5.92 Å². The number of carbonyl (C=O) groups is 2. The average Bonchev–Trinajstić information content (AvgIpc) is 2.22. The van der Waals surface area contributed by atoms with Crippen LogP contribution in [0.4, 0.5) is 0 Å². The molecule has 0 aliphatic rings. The summed E-state index contributed by atoms with van der Waals surface area (Å²) in [6.45, 7) is 3.34. The van der Waals surface area contributed by atoms with Gasteiger partial charge in [0.25, 0.3) is 0 Å². The zero-order chi connectivity index (χ0) is 12.8. The monoisotopic (exact) mass is 232 g/mol. The molecular formula is C11H20O5. The number of ether oxygens (including phenoxy) is 1. The van der Waals surface area contributed by atoms with Crippen LogP contribution in [0.3, 0.4) is 0 Å². The SMILES string of the molecule is COC(C)(C(=O)O)C(C)CCCCC(=O)O. The molecule has 2 atom stereocenters. The van der Waals surface area contributed by atoms with E-state index >= 15 is 0 Å². The fourth-order valence-electron chi connectivity index (χ4n) is 1.50. The molecule has 5 heteroatoms. The van der Waals surface area contributed by atoms with Crippen LogP contribution in [0.2, 0.25) is 0 Å². The summed E-state index contributed by atoms with van der Waals surface area (Å²) in [6, 6.07) is 0. The molecule has 0 aromatic heterocycles. The Morgan fingerprint density at radius 1 is 1.31 bits per heavy atom. The van der Waals surface area contributed by atoms with Crippen LogP contribution in [0.25, 0.3) is 0 Å². The number of carboxylic acids is 2. The van der Waals surface area contributed by atoms with Crippen LogP contribution in [0.1, 0.15) is 39.5 Å². The lowest BCUT2D eigenvalue weighted by molar-refractivity contribution is -0.166. The molecule has 0 aliphatic heterocycles. The summed E-state index contributed by atoms with van der Waals surface area (Å²) in [7, 11) is 1.38. The Kier molecular flexibility index (Phi) is 6.03. The topological polar surface area (TPSA) is 83.8 Å². The minimum absolute atomic E-state index is 0.128. The first-order valence-corrected chi connectivity index (χ1v) is 5.35. The summed E-state index contributed by atoms with van der Waals surface area (Å²) < 4.78 is 5.02. The van der Waals surface area contributed by atoms with E-state index in [0.29, 0.717) is 19.3 Å². The first-order chi connectivity index (χ1) is 7.34. The highest BCUT2D eigenvalue weighted by molar-refractivity contribution is 5.77. The van der Waals surface area contributed by atoms with Gasteiger partial charge in [0, 0.05) is 13.5 Å². The van der Waals surface area contributed by atoms with Gasteiger partial charge in [-0.3, -0.25) is 4.79 Å². The molecule has 0 spiro atoms. The van der Waals surface area contributed by atoms with E-state index in [2.05, 4.69) is 0 Å². The van der Waals surface area contributed by atoms with Gasteiger partial charge in [-0.2, -0.15) is 0 Å². The summed E-state index contributed by atoms with van der Waals surface area (Å²) >= 11 is 0. The molecule has 0 aromatic rings. The van der Waals surface area contributed by atoms with Crippen LogP contribution in [0.5, 0.6) is 0 Å².